The maximum Gasteiger partial charge on any atom is 0.127 e. The van der Waals surface area contributed by atoms with E-state index < -0.39 is 0 Å². The Morgan fingerprint density at radius 2 is 2.19 bits per heavy atom. The van der Waals surface area contributed by atoms with Crippen LogP contribution in [0.1, 0.15) is 39.5 Å². The van der Waals surface area contributed by atoms with E-state index in [-0.39, 0.29) is 0 Å². The first-order valence-electron chi connectivity index (χ1n) is 6.06. The lowest BCUT2D eigenvalue weighted by molar-refractivity contribution is 0.233. The molecule has 0 aliphatic heterocycles. The maximum absolute atomic E-state index is 5.78. The summed E-state index contributed by atoms with van der Waals surface area (Å²) in [6.07, 6.45) is 4.96. The number of benzene rings is 1. The van der Waals surface area contributed by atoms with E-state index in [4.69, 9.17) is 16.3 Å². The Morgan fingerprint density at radius 3 is 2.75 bits per heavy atom. The molecule has 16 heavy (non-hydrogen) atoms. The van der Waals surface area contributed by atoms with Gasteiger partial charge < -0.3 is 4.74 Å². The Balaban J connectivity index is 2.34. The average Bonchev–Trinajstić information content (AvgIpc) is 2.32. The Bertz CT molecular complexity index is 281. The van der Waals surface area contributed by atoms with Crippen LogP contribution in [0.3, 0.4) is 0 Å². The third-order valence-corrected chi connectivity index (χ3v) is 3.00. The maximum atomic E-state index is 5.78. The molecule has 2 heteroatoms. The van der Waals surface area contributed by atoms with Gasteiger partial charge in [-0.3, -0.25) is 0 Å². The molecule has 0 bridgehead atoms. The Kier molecular flexibility index (Phi) is 6.32. The van der Waals surface area contributed by atoms with E-state index in [0.29, 0.717) is 10.9 Å². The van der Waals surface area contributed by atoms with Crippen molar-refractivity contribution in [2.75, 3.05) is 6.61 Å². The molecule has 1 nitrogen and oxygen atoms in total. The molecule has 1 aromatic carbocycles. The Labute approximate surface area is 104 Å². The van der Waals surface area contributed by atoms with Crippen molar-refractivity contribution in [3.05, 3.63) is 29.3 Å². The van der Waals surface area contributed by atoms with Gasteiger partial charge in [-0.2, -0.15) is 0 Å². The molecule has 0 saturated carbocycles. The van der Waals surface area contributed by atoms with Crippen molar-refractivity contribution in [3.8, 4) is 5.75 Å². The lowest BCUT2D eigenvalue weighted by atomic mass is 10.0. The van der Waals surface area contributed by atoms with Gasteiger partial charge in [0.1, 0.15) is 5.75 Å². The first-order chi connectivity index (χ1) is 7.76. The largest absolute Gasteiger partial charge is 0.493 e. The van der Waals surface area contributed by atoms with Crippen molar-refractivity contribution in [2.24, 2.45) is 5.92 Å². The Hall–Kier alpha value is -0.690. The van der Waals surface area contributed by atoms with E-state index in [9.17, 15) is 0 Å². The lowest BCUT2D eigenvalue weighted by Gasteiger charge is -2.15. The average molecular weight is 240 g/mol. The molecule has 0 aliphatic carbocycles. The predicted octanol–water partition coefficient (Wildman–Crippen LogP) is 4.74. The highest BCUT2D eigenvalue weighted by Gasteiger charge is 2.06. The molecular weight excluding hydrogens is 220 g/mol. The molecule has 0 saturated heterocycles. The van der Waals surface area contributed by atoms with E-state index in [0.717, 1.165) is 12.4 Å². The van der Waals surface area contributed by atoms with Gasteiger partial charge in [0.2, 0.25) is 0 Å². The predicted molar refractivity (Wildman–Crippen MR) is 69.1 cm³/mol. The lowest BCUT2D eigenvalue weighted by Crippen LogP contribution is -2.11. The van der Waals surface area contributed by atoms with Gasteiger partial charge >= 0.3 is 0 Å². The summed E-state index contributed by atoms with van der Waals surface area (Å²) >= 11 is 5.78. The molecule has 89 valence electrons. The zero-order chi connectivity index (χ0) is 11.8. The fourth-order valence-electron chi connectivity index (χ4n) is 1.59. The number of hydrogen-bond acceptors (Lipinski definition) is 1. The van der Waals surface area contributed by atoms with Crippen molar-refractivity contribution in [2.45, 2.75) is 39.5 Å². The number of rotatable bonds is 7. The first kappa shape index (κ1) is 13.4. The molecule has 1 radical (unpaired) electrons. The van der Waals surface area contributed by atoms with Gasteiger partial charge in [-0.15, -0.1) is 0 Å². The molecule has 1 unspecified atom stereocenters. The van der Waals surface area contributed by atoms with E-state index >= 15 is 0 Å². The molecule has 0 aromatic heterocycles. The van der Waals surface area contributed by atoms with E-state index in [2.05, 4.69) is 19.9 Å². The van der Waals surface area contributed by atoms with E-state index in [1.807, 2.05) is 12.1 Å². The van der Waals surface area contributed by atoms with Crippen molar-refractivity contribution in [1.29, 1.82) is 0 Å². The van der Waals surface area contributed by atoms with Crippen LogP contribution >= 0.6 is 11.6 Å². The molecule has 0 amide bonds. The fraction of sp³-hybridized carbons (Fsp3) is 0.571. The summed E-state index contributed by atoms with van der Waals surface area (Å²) in [4.78, 5) is 0. The van der Waals surface area contributed by atoms with Crippen molar-refractivity contribution in [3.63, 3.8) is 0 Å². The Morgan fingerprint density at radius 1 is 1.38 bits per heavy atom. The van der Waals surface area contributed by atoms with Crippen LogP contribution in [-0.2, 0) is 0 Å². The molecular formula is C14H20ClO. The van der Waals surface area contributed by atoms with Gasteiger partial charge in [0.15, 0.2) is 0 Å². The van der Waals surface area contributed by atoms with Crippen LogP contribution in [0.4, 0.5) is 0 Å². The molecule has 1 atom stereocenters. The minimum Gasteiger partial charge on any atom is -0.493 e. The molecule has 0 heterocycles. The van der Waals surface area contributed by atoms with Gasteiger partial charge in [-0.05, 0) is 30.5 Å². The smallest absolute Gasteiger partial charge is 0.127 e. The SMILES string of the molecule is CCCCC(CC)COc1[c]cc(Cl)cc1. The first-order valence-corrected chi connectivity index (χ1v) is 6.44. The van der Waals surface area contributed by atoms with Crippen LogP contribution in [-0.4, -0.2) is 6.61 Å². The standard InChI is InChI=1S/C14H20ClO/c1-3-5-6-12(4-2)11-16-14-9-7-13(15)8-10-14/h7-9,12H,3-6,11H2,1-2H3. The number of ether oxygens (including phenoxy) is 1. The highest BCUT2D eigenvalue weighted by molar-refractivity contribution is 6.30. The van der Waals surface area contributed by atoms with Crippen LogP contribution in [0.25, 0.3) is 0 Å². The summed E-state index contributed by atoms with van der Waals surface area (Å²) in [7, 11) is 0. The molecule has 1 aromatic rings. The molecule has 0 N–H and O–H groups in total. The minimum absolute atomic E-state index is 0.657. The van der Waals surface area contributed by atoms with Crippen molar-refractivity contribution >= 4 is 11.6 Å². The quantitative estimate of drug-likeness (QED) is 0.668. The second-order valence-electron chi connectivity index (χ2n) is 4.10. The monoisotopic (exact) mass is 239 g/mol. The van der Waals surface area contributed by atoms with Crippen LogP contribution in [0.2, 0.25) is 5.02 Å². The summed E-state index contributed by atoms with van der Waals surface area (Å²) in [5.41, 5.74) is 0. The van der Waals surface area contributed by atoms with E-state index in [1.165, 1.54) is 25.7 Å². The summed E-state index contributed by atoms with van der Waals surface area (Å²) in [5, 5.41) is 0.699. The van der Waals surface area contributed by atoms with Crippen LogP contribution in [0.5, 0.6) is 5.75 Å². The summed E-state index contributed by atoms with van der Waals surface area (Å²) in [6.45, 7) is 5.23. The molecule has 0 spiro atoms. The van der Waals surface area contributed by atoms with Gasteiger partial charge in [-0.1, -0.05) is 44.7 Å². The van der Waals surface area contributed by atoms with Crippen molar-refractivity contribution in [1.82, 2.24) is 0 Å². The number of hydrogen-bond donors (Lipinski definition) is 0. The highest BCUT2D eigenvalue weighted by Crippen LogP contribution is 2.18. The highest BCUT2D eigenvalue weighted by atomic mass is 35.5. The second-order valence-corrected chi connectivity index (χ2v) is 4.54. The third-order valence-electron chi connectivity index (χ3n) is 2.76. The summed E-state index contributed by atoms with van der Waals surface area (Å²) in [5.74, 6) is 1.45. The molecule has 1 rings (SSSR count). The van der Waals surface area contributed by atoms with Crippen molar-refractivity contribution < 1.29 is 4.74 Å². The fourth-order valence-corrected chi connectivity index (χ4v) is 1.70. The molecule has 0 aliphatic rings. The zero-order valence-electron chi connectivity index (χ0n) is 10.1. The van der Waals surface area contributed by atoms with E-state index in [1.54, 1.807) is 6.07 Å². The van der Waals surface area contributed by atoms with Gasteiger partial charge in [0, 0.05) is 11.1 Å². The second kappa shape index (κ2) is 7.56. The van der Waals surface area contributed by atoms with Gasteiger partial charge in [0.25, 0.3) is 0 Å². The summed E-state index contributed by atoms with van der Waals surface area (Å²) in [6, 6.07) is 8.46. The minimum atomic E-state index is 0.657. The normalized spacial score (nSPS) is 12.4. The number of unbranched alkanes of at least 4 members (excludes halogenated alkanes) is 1. The summed E-state index contributed by atoms with van der Waals surface area (Å²) < 4.78 is 5.70. The van der Waals surface area contributed by atoms with Gasteiger partial charge in [-0.25, -0.2) is 0 Å². The topological polar surface area (TPSA) is 9.23 Å². The van der Waals surface area contributed by atoms with Gasteiger partial charge in [0.05, 0.1) is 6.61 Å². The molecule has 0 fully saturated rings. The van der Waals surface area contributed by atoms with Crippen LogP contribution in [0.15, 0.2) is 18.2 Å². The third kappa shape index (κ3) is 4.89. The number of halogens is 1. The van der Waals surface area contributed by atoms with Crippen LogP contribution < -0.4 is 4.74 Å². The zero-order valence-corrected chi connectivity index (χ0v) is 10.9. The van der Waals surface area contributed by atoms with Crippen LogP contribution in [0, 0.1) is 12.0 Å².